The molecule has 0 spiro atoms. The average molecular weight is 394 g/mol. The molecule has 2 rings (SSSR count). The van der Waals surface area contributed by atoms with E-state index in [2.05, 4.69) is 22.0 Å². The van der Waals surface area contributed by atoms with Gasteiger partial charge in [0.05, 0.1) is 11.6 Å². The van der Waals surface area contributed by atoms with E-state index < -0.39 is 18.1 Å². The van der Waals surface area contributed by atoms with E-state index >= 15 is 0 Å². The summed E-state index contributed by atoms with van der Waals surface area (Å²) in [6.45, 7) is -0.412. The fourth-order valence-electron chi connectivity index (χ4n) is 2.90. The molecule has 1 aliphatic rings. The van der Waals surface area contributed by atoms with Crippen molar-refractivity contribution in [3.63, 3.8) is 0 Å². The molecule has 0 radical (unpaired) electrons. The molecule has 128 valence electrons. The Morgan fingerprint density at radius 2 is 2.04 bits per heavy atom. The number of likely N-dealkylation sites (N-methyl/N-ethyl adjacent to an activating group) is 1. The van der Waals surface area contributed by atoms with E-state index in [0.29, 0.717) is 17.3 Å². The lowest BCUT2D eigenvalue weighted by Crippen LogP contribution is -2.51. The summed E-state index contributed by atoms with van der Waals surface area (Å²) < 4.78 is 5.78. The standard InChI is InChI=1S/C17H20BrN3O3/c1-21(17(11-19)7-3-2-4-8-17)15(22)10-24-16(23)13-9-12(18)5-6-14(13)20/h5-6,9H,2-4,7-8,10,20H2,1H3. The molecule has 1 aromatic carbocycles. The van der Waals surface area contributed by atoms with E-state index in [9.17, 15) is 14.9 Å². The normalized spacial score (nSPS) is 16.0. The van der Waals surface area contributed by atoms with E-state index in [1.807, 2.05) is 0 Å². The molecule has 0 bridgehead atoms. The first-order valence-corrected chi connectivity index (χ1v) is 8.59. The van der Waals surface area contributed by atoms with E-state index in [0.717, 1.165) is 19.3 Å². The Balaban J connectivity index is 2.00. The third kappa shape index (κ3) is 3.88. The first-order chi connectivity index (χ1) is 11.4. The van der Waals surface area contributed by atoms with Crippen LogP contribution >= 0.6 is 15.9 Å². The summed E-state index contributed by atoms with van der Waals surface area (Å²) in [6.07, 6.45) is 4.21. The minimum absolute atomic E-state index is 0.201. The molecule has 0 unspecified atom stereocenters. The number of nitrogen functional groups attached to an aromatic ring is 1. The maximum Gasteiger partial charge on any atom is 0.340 e. The van der Waals surface area contributed by atoms with Crippen LogP contribution in [-0.2, 0) is 9.53 Å². The fourth-order valence-corrected chi connectivity index (χ4v) is 3.27. The third-order valence-electron chi connectivity index (χ3n) is 4.47. The predicted molar refractivity (Wildman–Crippen MR) is 93.0 cm³/mol. The molecule has 6 nitrogen and oxygen atoms in total. The minimum Gasteiger partial charge on any atom is -0.452 e. The number of halogens is 1. The van der Waals surface area contributed by atoms with Crippen LogP contribution in [0.1, 0.15) is 42.5 Å². The second-order valence-corrected chi connectivity index (χ2v) is 6.88. The molecule has 0 atom stereocenters. The molecule has 0 aromatic heterocycles. The first-order valence-electron chi connectivity index (χ1n) is 7.80. The molecule has 1 saturated carbocycles. The van der Waals surface area contributed by atoms with Crippen LogP contribution in [0.5, 0.6) is 0 Å². The number of nitrogens with two attached hydrogens (primary N) is 1. The Morgan fingerprint density at radius 1 is 1.38 bits per heavy atom. The number of amides is 1. The van der Waals surface area contributed by atoms with Crippen LogP contribution in [0.15, 0.2) is 22.7 Å². The van der Waals surface area contributed by atoms with Crippen molar-refractivity contribution in [2.45, 2.75) is 37.6 Å². The molecule has 1 fully saturated rings. The van der Waals surface area contributed by atoms with Gasteiger partial charge in [-0.15, -0.1) is 0 Å². The van der Waals surface area contributed by atoms with Crippen LogP contribution in [-0.4, -0.2) is 36.0 Å². The van der Waals surface area contributed by atoms with E-state index in [1.165, 1.54) is 4.90 Å². The molecule has 0 saturated heterocycles. The van der Waals surface area contributed by atoms with Crippen molar-refractivity contribution in [1.29, 1.82) is 5.26 Å². The number of hydrogen-bond acceptors (Lipinski definition) is 5. The van der Waals surface area contributed by atoms with Gasteiger partial charge in [0, 0.05) is 17.2 Å². The van der Waals surface area contributed by atoms with Crippen molar-refractivity contribution in [3.8, 4) is 6.07 Å². The summed E-state index contributed by atoms with van der Waals surface area (Å²) in [5.74, 6) is -1.05. The van der Waals surface area contributed by atoms with Crippen LogP contribution in [0.2, 0.25) is 0 Å². The zero-order chi connectivity index (χ0) is 17.7. The van der Waals surface area contributed by atoms with Crippen LogP contribution in [0.4, 0.5) is 5.69 Å². The molecule has 1 aromatic rings. The van der Waals surface area contributed by atoms with Gasteiger partial charge in [-0.25, -0.2) is 4.79 Å². The summed E-state index contributed by atoms with van der Waals surface area (Å²) in [4.78, 5) is 25.9. The molecule has 24 heavy (non-hydrogen) atoms. The number of hydrogen-bond donors (Lipinski definition) is 1. The fraction of sp³-hybridized carbons (Fsp3) is 0.471. The maximum atomic E-state index is 12.4. The van der Waals surface area contributed by atoms with Gasteiger partial charge >= 0.3 is 5.97 Å². The Bertz CT molecular complexity index is 678. The molecule has 1 amide bonds. The van der Waals surface area contributed by atoms with E-state index in [4.69, 9.17) is 10.5 Å². The van der Waals surface area contributed by atoms with Gasteiger partial charge in [0.2, 0.25) is 0 Å². The zero-order valence-corrected chi connectivity index (χ0v) is 15.1. The van der Waals surface area contributed by atoms with Crippen molar-refractivity contribution < 1.29 is 14.3 Å². The van der Waals surface area contributed by atoms with Crippen molar-refractivity contribution in [1.82, 2.24) is 4.90 Å². The molecule has 1 aliphatic carbocycles. The molecular weight excluding hydrogens is 374 g/mol. The summed E-state index contributed by atoms with van der Waals surface area (Å²) in [6, 6.07) is 7.12. The Labute approximate surface area is 149 Å². The summed E-state index contributed by atoms with van der Waals surface area (Å²) in [5.41, 5.74) is 5.44. The summed E-state index contributed by atoms with van der Waals surface area (Å²) in [7, 11) is 1.60. The number of carbonyl (C=O) groups is 2. The highest BCUT2D eigenvalue weighted by Crippen LogP contribution is 2.32. The highest BCUT2D eigenvalue weighted by Gasteiger charge is 2.39. The average Bonchev–Trinajstić information content (AvgIpc) is 2.61. The van der Waals surface area contributed by atoms with Gasteiger partial charge in [-0.2, -0.15) is 5.26 Å². The van der Waals surface area contributed by atoms with Crippen molar-refractivity contribution in [3.05, 3.63) is 28.2 Å². The number of carbonyl (C=O) groups excluding carboxylic acids is 2. The van der Waals surface area contributed by atoms with Gasteiger partial charge in [0.15, 0.2) is 6.61 Å². The van der Waals surface area contributed by atoms with Crippen molar-refractivity contribution in [2.24, 2.45) is 0 Å². The van der Waals surface area contributed by atoms with Gasteiger partial charge in [-0.3, -0.25) is 4.79 Å². The maximum absolute atomic E-state index is 12.4. The van der Waals surface area contributed by atoms with Crippen molar-refractivity contribution in [2.75, 3.05) is 19.4 Å². The van der Waals surface area contributed by atoms with Gasteiger partial charge < -0.3 is 15.4 Å². The monoisotopic (exact) mass is 393 g/mol. The van der Waals surface area contributed by atoms with Crippen molar-refractivity contribution >= 4 is 33.5 Å². The topological polar surface area (TPSA) is 96.4 Å². The summed E-state index contributed by atoms with van der Waals surface area (Å²) in [5, 5.41) is 9.51. The molecular formula is C17H20BrN3O3. The zero-order valence-electron chi connectivity index (χ0n) is 13.5. The van der Waals surface area contributed by atoms with E-state index in [-0.39, 0.29) is 17.2 Å². The molecule has 7 heteroatoms. The molecule has 0 heterocycles. The van der Waals surface area contributed by atoms with Crippen LogP contribution in [0.25, 0.3) is 0 Å². The summed E-state index contributed by atoms with van der Waals surface area (Å²) >= 11 is 3.26. The highest BCUT2D eigenvalue weighted by atomic mass is 79.9. The minimum atomic E-state index is -0.795. The number of anilines is 1. The van der Waals surface area contributed by atoms with Gasteiger partial charge in [0.25, 0.3) is 5.91 Å². The second-order valence-electron chi connectivity index (χ2n) is 5.96. The Morgan fingerprint density at radius 3 is 2.67 bits per heavy atom. The third-order valence-corrected chi connectivity index (χ3v) is 4.96. The number of rotatable bonds is 4. The number of esters is 1. The quantitative estimate of drug-likeness (QED) is 0.626. The lowest BCUT2D eigenvalue weighted by atomic mass is 9.81. The van der Waals surface area contributed by atoms with Crippen LogP contribution < -0.4 is 5.73 Å². The molecule has 2 N–H and O–H groups in total. The smallest absolute Gasteiger partial charge is 0.340 e. The number of nitrogens with zero attached hydrogens (tertiary/aromatic N) is 2. The molecule has 0 aliphatic heterocycles. The van der Waals surface area contributed by atoms with Gasteiger partial charge in [-0.05, 0) is 31.0 Å². The number of nitriles is 1. The Hall–Kier alpha value is -2.07. The lowest BCUT2D eigenvalue weighted by Gasteiger charge is -2.38. The highest BCUT2D eigenvalue weighted by molar-refractivity contribution is 9.10. The Kier molecular flexibility index (Phi) is 5.84. The van der Waals surface area contributed by atoms with Gasteiger partial charge in [-0.1, -0.05) is 35.2 Å². The number of benzene rings is 1. The lowest BCUT2D eigenvalue weighted by molar-refractivity contribution is -0.138. The first kappa shape index (κ1) is 18.3. The van der Waals surface area contributed by atoms with Crippen LogP contribution in [0, 0.1) is 11.3 Å². The SMILES string of the molecule is CN(C(=O)COC(=O)c1cc(Br)ccc1N)C1(C#N)CCCCC1. The second kappa shape index (κ2) is 7.67. The predicted octanol–water partition coefficient (Wildman–Crippen LogP) is 2.87. The van der Waals surface area contributed by atoms with E-state index in [1.54, 1.807) is 25.2 Å². The number of ether oxygens (including phenoxy) is 1. The largest absolute Gasteiger partial charge is 0.452 e. The van der Waals surface area contributed by atoms with Crippen LogP contribution in [0.3, 0.4) is 0 Å². The van der Waals surface area contributed by atoms with Gasteiger partial charge in [0.1, 0.15) is 5.54 Å².